The molecule has 8 heteroatoms. The standard InChI is InChI=1S/C18H23N3O3S2/c1-20(2)26(23,24)17-5-3-15(4-6-17)18(22)19-16-7-9-21(12-16)11-14-8-10-25-13-14/h3-6,8,10,13,16H,7,9,11-12H2,1-2H3,(H,19,22). The summed E-state index contributed by atoms with van der Waals surface area (Å²) < 4.78 is 25.3. The molecule has 3 rings (SSSR count). The van der Waals surface area contributed by atoms with Crippen LogP contribution in [0.5, 0.6) is 0 Å². The summed E-state index contributed by atoms with van der Waals surface area (Å²) in [6, 6.07) is 8.31. The van der Waals surface area contributed by atoms with E-state index in [4.69, 9.17) is 0 Å². The monoisotopic (exact) mass is 393 g/mol. The Morgan fingerprint density at radius 1 is 1.27 bits per heavy atom. The highest BCUT2D eigenvalue weighted by molar-refractivity contribution is 7.89. The number of likely N-dealkylation sites (tertiary alicyclic amines) is 1. The Morgan fingerprint density at radius 2 is 2.00 bits per heavy atom. The lowest BCUT2D eigenvalue weighted by Gasteiger charge is -2.16. The smallest absolute Gasteiger partial charge is 0.251 e. The molecule has 1 aromatic carbocycles. The fraction of sp³-hybridized carbons (Fsp3) is 0.389. The zero-order valence-corrected chi connectivity index (χ0v) is 16.5. The molecule has 1 aliphatic heterocycles. The van der Waals surface area contributed by atoms with Crippen LogP contribution in [0.4, 0.5) is 0 Å². The van der Waals surface area contributed by atoms with Crippen LogP contribution in [-0.2, 0) is 16.6 Å². The Hall–Kier alpha value is -1.74. The second-order valence-corrected chi connectivity index (χ2v) is 9.57. The summed E-state index contributed by atoms with van der Waals surface area (Å²) in [6.07, 6.45) is 0.920. The molecule has 6 nitrogen and oxygen atoms in total. The Labute approximate surface area is 158 Å². The number of amides is 1. The SMILES string of the molecule is CN(C)S(=O)(=O)c1ccc(C(=O)NC2CCN(Cc3ccsc3)C2)cc1. The third-order valence-corrected chi connectivity index (χ3v) is 7.05. The molecule has 0 spiro atoms. The Kier molecular flexibility index (Phi) is 5.76. The van der Waals surface area contributed by atoms with Crippen molar-refractivity contribution in [3.8, 4) is 0 Å². The highest BCUT2D eigenvalue weighted by Gasteiger charge is 2.24. The molecule has 140 valence electrons. The zero-order valence-electron chi connectivity index (χ0n) is 14.9. The van der Waals surface area contributed by atoms with Gasteiger partial charge in [-0.15, -0.1) is 0 Å². The van der Waals surface area contributed by atoms with Crippen molar-refractivity contribution in [2.75, 3.05) is 27.2 Å². The summed E-state index contributed by atoms with van der Waals surface area (Å²) in [4.78, 5) is 14.9. The van der Waals surface area contributed by atoms with E-state index in [-0.39, 0.29) is 16.8 Å². The van der Waals surface area contributed by atoms with Gasteiger partial charge in [-0.3, -0.25) is 9.69 Å². The third-order valence-electron chi connectivity index (χ3n) is 4.49. The van der Waals surface area contributed by atoms with E-state index in [2.05, 4.69) is 27.0 Å². The van der Waals surface area contributed by atoms with Gasteiger partial charge in [0.1, 0.15) is 0 Å². The molecule has 0 bridgehead atoms. The number of carbonyl (C=O) groups is 1. The molecule has 1 aliphatic rings. The maximum Gasteiger partial charge on any atom is 0.251 e. The van der Waals surface area contributed by atoms with E-state index in [1.54, 1.807) is 23.5 Å². The van der Waals surface area contributed by atoms with Crippen LogP contribution in [0.3, 0.4) is 0 Å². The fourth-order valence-corrected chi connectivity index (χ4v) is 4.55. The average Bonchev–Trinajstić information content (AvgIpc) is 3.27. The van der Waals surface area contributed by atoms with Gasteiger partial charge >= 0.3 is 0 Å². The van der Waals surface area contributed by atoms with Crippen LogP contribution < -0.4 is 5.32 Å². The molecule has 0 saturated carbocycles. The number of sulfonamides is 1. The topological polar surface area (TPSA) is 69.7 Å². The Morgan fingerprint density at radius 3 is 2.62 bits per heavy atom. The van der Waals surface area contributed by atoms with E-state index in [9.17, 15) is 13.2 Å². The van der Waals surface area contributed by atoms with Crippen molar-refractivity contribution in [2.45, 2.75) is 23.9 Å². The number of carbonyl (C=O) groups excluding carboxylic acids is 1. The van der Waals surface area contributed by atoms with Gasteiger partial charge < -0.3 is 5.32 Å². The van der Waals surface area contributed by atoms with E-state index in [0.717, 1.165) is 30.4 Å². The molecule has 2 aromatic rings. The van der Waals surface area contributed by atoms with Crippen molar-refractivity contribution in [1.82, 2.24) is 14.5 Å². The number of rotatable bonds is 6. The minimum atomic E-state index is -3.48. The quantitative estimate of drug-likeness (QED) is 0.815. The fourth-order valence-electron chi connectivity index (χ4n) is 2.99. The van der Waals surface area contributed by atoms with Crippen molar-refractivity contribution >= 4 is 27.3 Å². The number of benzene rings is 1. The van der Waals surface area contributed by atoms with Crippen LogP contribution in [0.25, 0.3) is 0 Å². The van der Waals surface area contributed by atoms with Crippen LogP contribution in [0.15, 0.2) is 46.0 Å². The van der Waals surface area contributed by atoms with Gasteiger partial charge in [-0.05, 0) is 53.1 Å². The summed E-state index contributed by atoms with van der Waals surface area (Å²) in [5.41, 5.74) is 1.78. The number of hydrogen-bond acceptors (Lipinski definition) is 5. The summed E-state index contributed by atoms with van der Waals surface area (Å²) in [5.74, 6) is -0.166. The van der Waals surface area contributed by atoms with Gasteiger partial charge in [0.2, 0.25) is 10.0 Å². The first kappa shape index (κ1) is 19.0. The first-order valence-corrected chi connectivity index (χ1v) is 10.8. The number of hydrogen-bond donors (Lipinski definition) is 1. The highest BCUT2D eigenvalue weighted by Crippen LogP contribution is 2.17. The van der Waals surface area contributed by atoms with Crippen molar-refractivity contribution in [2.24, 2.45) is 0 Å². The van der Waals surface area contributed by atoms with Crippen LogP contribution in [0.2, 0.25) is 0 Å². The molecule has 1 amide bonds. The lowest BCUT2D eigenvalue weighted by atomic mass is 10.2. The van der Waals surface area contributed by atoms with Crippen LogP contribution >= 0.6 is 11.3 Å². The van der Waals surface area contributed by atoms with E-state index in [1.807, 2.05) is 0 Å². The number of nitrogens with one attached hydrogen (secondary N) is 1. The van der Waals surface area contributed by atoms with Crippen LogP contribution in [0, 0.1) is 0 Å². The van der Waals surface area contributed by atoms with Crippen LogP contribution in [0.1, 0.15) is 22.3 Å². The highest BCUT2D eigenvalue weighted by atomic mass is 32.2. The van der Waals surface area contributed by atoms with Gasteiger partial charge in [0.05, 0.1) is 4.90 Å². The summed E-state index contributed by atoms with van der Waals surface area (Å²) in [5, 5.41) is 7.27. The zero-order chi connectivity index (χ0) is 18.7. The minimum absolute atomic E-state index is 0.117. The molecule has 0 radical (unpaired) electrons. The Balaban J connectivity index is 1.57. The third kappa shape index (κ3) is 4.32. The van der Waals surface area contributed by atoms with E-state index in [0.29, 0.717) is 5.56 Å². The van der Waals surface area contributed by atoms with Gasteiger partial charge in [0.15, 0.2) is 0 Å². The molecule has 0 aliphatic carbocycles. The van der Waals surface area contributed by atoms with E-state index >= 15 is 0 Å². The largest absolute Gasteiger partial charge is 0.348 e. The second-order valence-electron chi connectivity index (χ2n) is 6.64. The average molecular weight is 394 g/mol. The molecule has 1 saturated heterocycles. The second kappa shape index (κ2) is 7.87. The van der Waals surface area contributed by atoms with Gasteiger partial charge in [-0.25, -0.2) is 12.7 Å². The van der Waals surface area contributed by atoms with Crippen LogP contribution in [-0.4, -0.2) is 56.8 Å². The molecule has 1 fully saturated rings. The molecule has 1 N–H and O–H groups in total. The molecule has 1 aromatic heterocycles. The van der Waals surface area contributed by atoms with Crippen molar-refractivity contribution in [1.29, 1.82) is 0 Å². The predicted molar refractivity (Wildman–Crippen MR) is 103 cm³/mol. The lowest BCUT2D eigenvalue weighted by Crippen LogP contribution is -2.37. The number of thiophene rings is 1. The van der Waals surface area contributed by atoms with Crippen molar-refractivity contribution < 1.29 is 13.2 Å². The van der Waals surface area contributed by atoms with Gasteiger partial charge in [0, 0.05) is 45.3 Å². The minimum Gasteiger partial charge on any atom is -0.348 e. The lowest BCUT2D eigenvalue weighted by molar-refractivity contribution is 0.0937. The molecule has 1 unspecified atom stereocenters. The maximum atomic E-state index is 12.4. The summed E-state index contributed by atoms with van der Waals surface area (Å²) in [6.45, 7) is 2.70. The molecule has 26 heavy (non-hydrogen) atoms. The summed E-state index contributed by atoms with van der Waals surface area (Å²) >= 11 is 1.69. The first-order chi connectivity index (χ1) is 12.4. The summed E-state index contributed by atoms with van der Waals surface area (Å²) in [7, 11) is -0.510. The normalized spacial score (nSPS) is 18.3. The van der Waals surface area contributed by atoms with E-state index < -0.39 is 10.0 Å². The molecule has 1 atom stereocenters. The molecule has 2 heterocycles. The maximum absolute atomic E-state index is 12.4. The molecular weight excluding hydrogens is 370 g/mol. The van der Waals surface area contributed by atoms with Crippen molar-refractivity contribution in [3.63, 3.8) is 0 Å². The first-order valence-electron chi connectivity index (χ1n) is 8.43. The Bertz CT molecular complexity index is 846. The number of nitrogens with zero attached hydrogens (tertiary/aromatic N) is 2. The predicted octanol–water partition coefficient (Wildman–Crippen LogP) is 2.00. The van der Waals surface area contributed by atoms with E-state index in [1.165, 1.54) is 31.8 Å². The van der Waals surface area contributed by atoms with Gasteiger partial charge in [-0.2, -0.15) is 11.3 Å². The van der Waals surface area contributed by atoms with Gasteiger partial charge in [0.25, 0.3) is 5.91 Å². The molecular formula is C18H23N3O3S2. The van der Waals surface area contributed by atoms with Crippen molar-refractivity contribution in [3.05, 3.63) is 52.2 Å². The van der Waals surface area contributed by atoms with Gasteiger partial charge in [-0.1, -0.05) is 0 Å².